The van der Waals surface area contributed by atoms with Crippen LogP contribution in [0.4, 0.5) is 8.78 Å². The Bertz CT molecular complexity index is 714. The minimum atomic E-state index is -1.23. The lowest BCUT2D eigenvalue weighted by Crippen LogP contribution is -2.42. The molecule has 1 atom stereocenters. The Hall–Kier alpha value is -2.03. The highest BCUT2D eigenvalue weighted by molar-refractivity contribution is 14.1. The Morgan fingerprint density at radius 2 is 1.65 bits per heavy atom. The van der Waals surface area contributed by atoms with Gasteiger partial charge in [-0.1, -0.05) is 12.1 Å². The second kappa shape index (κ2) is 7.49. The molecule has 2 N–H and O–H groups in total. The third-order valence-electron chi connectivity index (χ3n) is 3.08. The van der Waals surface area contributed by atoms with E-state index in [1.165, 1.54) is 0 Å². The van der Waals surface area contributed by atoms with E-state index < -0.39 is 29.6 Å². The number of amides is 1. The zero-order valence-corrected chi connectivity index (χ0v) is 13.9. The van der Waals surface area contributed by atoms with Gasteiger partial charge in [-0.3, -0.25) is 4.79 Å². The molecule has 0 aliphatic rings. The number of carbonyl (C=O) groups is 2. The number of nitrogens with one attached hydrogen (secondary N) is 1. The Kier molecular flexibility index (Phi) is 5.64. The molecule has 0 saturated heterocycles. The van der Waals surface area contributed by atoms with Crippen molar-refractivity contribution in [2.45, 2.75) is 12.5 Å². The Balaban J connectivity index is 2.14. The largest absolute Gasteiger partial charge is 0.480 e. The van der Waals surface area contributed by atoms with E-state index in [1.807, 2.05) is 12.1 Å². The Morgan fingerprint density at radius 3 is 2.17 bits per heavy atom. The average Bonchev–Trinajstić information content (AvgIpc) is 2.47. The lowest BCUT2D eigenvalue weighted by atomic mass is 10.1. The molecule has 7 heteroatoms. The zero-order valence-electron chi connectivity index (χ0n) is 11.7. The lowest BCUT2D eigenvalue weighted by Gasteiger charge is -2.15. The SMILES string of the molecule is O=C(N[C@@H](Cc1ccc(I)cc1)C(=O)O)c1cc(F)cc(F)c1. The van der Waals surface area contributed by atoms with E-state index in [0.29, 0.717) is 6.07 Å². The van der Waals surface area contributed by atoms with Crippen molar-refractivity contribution in [2.24, 2.45) is 0 Å². The van der Waals surface area contributed by atoms with Crippen LogP contribution in [0.3, 0.4) is 0 Å². The number of carbonyl (C=O) groups excluding carboxylic acids is 1. The summed E-state index contributed by atoms with van der Waals surface area (Å²) < 4.78 is 27.3. The van der Waals surface area contributed by atoms with Crippen LogP contribution in [0.25, 0.3) is 0 Å². The highest BCUT2D eigenvalue weighted by Gasteiger charge is 2.21. The van der Waals surface area contributed by atoms with E-state index >= 15 is 0 Å². The molecule has 23 heavy (non-hydrogen) atoms. The van der Waals surface area contributed by atoms with Crippen LogP contribution < -0.4 is 5.32 Å². The van der Waals surface area contributed by atoms with Crippen molar-refractivity contribution >= 4 is 34.5 Å². The van der Waals surface area contributed by atoms with E-state index in [9.17, 15) is 23.5 Å². The van der Waals surface area contributed by atoms with Crippen LogP contribution in [0.2, 0.25) is 0 Å². The minimum Gasteiger partial charge on any atom is -0.480 e. The maximum atomic E-state index is 13.1. The standard InChI is InChI=1S/C16H12F2INO3/c17-11-6-10(7-12(18)8-11)15(21)20-14(16(22)23)5-9-1-3-13(19)4-2-9/h1-4,6-8,14H,5H2,(H,20,21)(H,22,23)/t14-/m0/s1. The van der Waals surface area contributed by atoms with Gasteiger partial charge in [-0.15, -0.1) is 0 Å². The normalized spacial score (nSPS) is 11.8. The van der Waals surface area contributed by atoms with Gasteiger partial charge in [0.1, 0.15) is 17.7 Å². The van der Waals surface area contributed by atoms with Gasteiger partial charge < -0.3 is 10.4 Å². The molecule has 120 valence electrons. The zero-order chi connectivity index (χ0) is 17.0. The average molecular weight is 431 g/mol. The summed E-state index contributed by atoms with van der Waals surface area (Å²) in [6.07, 6.45) is 0.0653. The number of carboxylic acid groups (broad SMARTS) is 1. The van der Waals surface area contributed by atoms with Crippen molar-refractivity contribution in [1.82, 2.24) is 5.32 Å². The summed E-state index contributed by atoms with van der Waals surface area (Å²) in [5, 5.41) is 11.5. The predicted octanol–water partition coefficient (Wildman–Crippen LogP) is 3.00. The molecule has 0 aromatic heterocycles. The Labute approximate surface area is 144 Å². The molecule has 0 saturated carbocycles. The molecule has 2 aromatic rings. The van der Waals surface area contributed by atoms with Crippen molar-refractivity contribution in [3.8, 4) is 0 Å². The van der Waals surface area contributed by atoms with Gasteiger partial charge in [-0.2, -0.15) is 0 Å². The first-order valence-electron chi connectivity index (χ1n) is 6.59. The molecule has 4 nitrogen and oxygen atoms in total. The number of aliphatic carboxylic acids is 1. The molecule has 0 heterocycles. The molecular formula is C16H12F2INO3. The maximum Gasteiger partial charge on any atom is 0.326 e. The molecule has 0 aliphatic heterocycles. The van der Waals surface area contributed by atoms with E-state index in [4.69, 9.17) is 0 Å². The quantitative estimate of drug-likeness (QED) is 0.716. The van der Waals surface area contributed by atoms with E-state index in [0.717, 1.165) is 21.3 Å². The van der Waals surface area contributed by atoms with Gasteiger partial charge in [-0.05, 0) is 52.4 Å². The fraction of sp³-hybridized carbons (Fsp3) is 0.125. The van der Waals surface area contributed by atoms with E-state index in [-0.39, 0.29) is 12.0 Å². The van der Waals surface area contributed by atoms with E-state index in [2.05, 4.69) is 27.9 Å². The topological polar surface area (TPSA) is 66.4 Å². The molecular weight excluding hydrogens is 419 g/mol. The van der Waals surface area contributed by atoms with Crippen LogP contribution in [0.1, 0.15) is 15.9 Å². The summed E-state index contributed by atoms with van der Waals surface area (Å²) >= 11 is 2.12. The van der Waals surface area contributed by atoms with Crippen LogP contribution in [-0.4, -0.2) is 23.0 Å². The summed E-state index contributed by atoms with van der Waals surface area (Å²) in [5.74, 6) is -3.88. The number of hydrogen-bond donors (Lipinski definition) is 2. The third-order valence-corrected chi connectivity index (χ3v) is 3.80. The first kappa shape index (κ1) is 17.3. The summed E-state index contributed by atoms with van der Waals surface area (Å²) in [5.41, 5.74) is 0.458. The van der Waals surface area contributed by atoms with Crippen LogP contribution in [0.5, 0.6) is 0 Å². The highest BCUT2D eigenvalue weighted by atomic mass is 127. The van der Waals surface area contributed by atoms with Gasteiger partial charge in [0.2, 0.25) is 0 Å². The summed E-state index contributed by atoms with van der Waals surface area (Å²) in [4.78, 5) is 23.3. The second-order valence-electron chi connectivity index (χ2n) is 4.85. The van der Waals surface area contributed by atoms with Crippen molar-refractivity contribution in [3.05, 3.63) is 68.8 Å². The smallest absolute Gasteiger partial charge is 0.326 e. The van der Waals surface area contributed by atoms with Gasteiger partial charge in [0, 0.05) is 21.6 Å². The van der Waals surface area contributed by atoms with Gasteiger partial charge in [0.05, 0.1) is 0 Å². The number of rotatable bonds is 5. The maximum absolute atomic E-state index is 13.1. The molecule has 1 amide bonds. The summed E-state index contributed by atoms with van der Waals surface area (Å²) in [7, 11) is 0. The van der Waals surface area contributed by atoms with Crippen LogP contribution in [-0.2, 0) is 11.2 Å². The first-order chi connectivity index (χ1) is 10.8. The van der Waals surface area contributed by atoms with Crippen molar-refractivity contribution in [2.75, 3.05) is 0 Å². The highest BCUT2D eigenvalue weighted by Crippen LogP contribution is 2.11. The fourth-order valence-electron chi connectivity index (χ4n) is 1.98. The number of benzene rings is 2. The van der Waals surface area contributed by atoms with Crippen molar-refractivity contribution in [3.63, 3.8) is 0 Å². The number of hydrogen-bond acceptors (Lipinski definition) is 2. The Morgan fingerprint density at radius 1 is 1.09 bits per heavy atom. The van der Waals surface area contributed by atoms with Crippen molar-refractivity contribution in [1.29, 1.82) is 0 Å². The number of carboxylic acids is 1. The summed E-state index contributed by atoms with van der Waals surface area (Å²) in [6.45, 7) is 0. The lowest BCUT2D eigenvalue weighted by molar-refractivity contribution is -0.139. The van der Waals surface area contributed by atoms with Gasteiger partial charge in [0.15, 0.2) is 0 Å². The minimum absolute atomic E-state index is 0.0653. The van der Waals surface area contributed by atoms with Gasteiger partial charge >= 0.3 is 5.97 Å². The van der Waals surface area contributed by atoms with Crippen LogP contribution in [0, 0.1) is 15.2 Å². The molecule has 0 spiro atoms. The van der Waals surface area contributed by atoms with Crippen molar-refractivity contribution < 1.29 is 23.5 Å². The molecule has 0 aliphatic carbocycles. The molecule has 2 aromatic carbocycles. The first-order valence-corrected chi connectivity index (χ1v) is 7.67. The summed E-state index contributed by atoms with van der Waals surface area (Å²) in [6, 6.07) is 8.28. The molecule has 0 unspecified atom stereocenters. The van der Waals surface area contributed by atoms with Gasteiger partial charge in [0.25, 0.3) is 5.91 Å². The second-order valence-corrected chi connectivity index (χ2v) is 6.10. The monoisotopic (exact) mass is 431 g/mol. The number of halogens is 3. The van der Waals surface area contributed by atoms with Crippen LogP contribution in [0.15, 0.2) is 42.5 Å². The predicted molar refractivity (Wildman–Crippen MR) is 88.1 cm³/mol. The molecule has 2 rings (SSSR count). The third kappa shape index (κ3) is 4.98. The molecule has 0 radical (unpaired) electrons. The van der Waals surface area contributed by atoms with Crippen LogP contribution >= 0.6 is 22.6 Å². The molecule has 0 fully saturated rings. The van der Waals surface area contributed by atoms with E-state index in [1.54, 1.807) is 12.1 Å². The molecule has 0 bridgehead atoms. The van der Waals surface area contributed by atoms with Gasteiger partial charge in [-0.25, -0.2) is 13.6 Å². The fourth-order valence-corrected chi connectivity index (χ4v) is 2.34.